The number of imidazole rings is 1. The number of carbonyl (C=O) groups excluding carboxylic acids is 2. The van der Waals surface area contributed by atoms with E-state index in [0.29, 0.717) is 30.5 Å². The minimum atomic E-state index is -0.247. The van der Waals surface area contributed by atoms with E-state index in [1.807, 2.05) is 40.6 Å². The summed E-state index contributed by atoms with van der Waals surface area (Å²) in [5, 5.41) is 12.5. The number of aromatic nitrogens is 3. The first kappa shape index (κ1) is 26.0. The number of hydrogen-bond acceptors (Lipinski definition) is 5. The molecule has 0 aliphatic carbocycles. The van der Waals surface area contributed by atoms with Crippen molar-refractivity contribution in [3.8, 4) is 17.6 Å². The number of phenols is 1. The van der Waals surface area contributed by atoms with Crippen LogP contribution in [0.4, 0.5) is 5.69 Å². The lowest BCUT2D eigenvalue weighted by Gasteiger charge is -2.32. The van der Waals surface area contributed by atoms with Crippen molar-refractivity contribution in [3.05, 3.63) is 89.5 Å². The number of hydrogen-bond donors (Lipinski definition) is 2. The van der Waals surface area contributed by atoms with Gasteiger partial charge in [0.2, 0.25) is 11.7 Å². The summed E-state index contributed by atoms with van der Waals surface area (Å²) in [4.78, 5) is 36.4. The SMILES string of the molecule is CC#C[C@@H](CC(=O)Nc1ccc(C2CCN(C(=O)c3cc(C)n4ccnc4n3)CC2)cc1)c1ccc(O)cc1. The molecule has 1 fully saturated rings. The molecule has 198 valence electrons. The van der Waals surface area contributed by atoms with Crippen LogP contribution in [0.3, 0.4) is 0 Å². The molecule has 0 unspecified atom stereocenters. The quantitative estimate of drug-likeness (QED) is 0.352. The second-order valence-electron chi connectivity index (χ2n) is 9.86. The van der Waals surface area contributed by atoms with Gasteiger partial charge in [-0.2, -0.15) is 0 Å². The molecule has 1 saturated heterocycles. The average molecular weight is 522 g/mol. The maximum atomic E-state index is 13.1. The Balaban J connectivity index is 1.16. The topological polar surface area (TPSA) is 99.8 Å². The molecule has 2 aromatic heterocycles. The molecule has 39 heavy (non-hydrogen) atoms. The predicted molar refractivity (Wildman–Crippen MR) is 150 cm³/mol. The largest absolute Gasteiger partial charge is 0.508 e. The number of nitrogens with one attached hydrogen (secondary N) is 1. The Morgan fingerprint density at radius 2 is 1.82 bits per heavy atom. The van der Waals surface area contributed by atoms with Crippen LogP contribution in [0, 0.1) is 18.8 Å². The minimum Gasteiger partial charge on any atom is -0.508 e. The van der Waals surface area contributed by atoms with Gasteiger partial charge in [-0.15, -0.1) is 5.92 Å². The highest BCUT2D eigenvalue weighted by atomic mass is 16.3. The number of aryl methyl sites for hydroxylation is 1. The lowest BCUT2D eigenvalue weighted by Crippen LogP contribution is -2.38. The Hall–Kier alpha value is -4.64. The summed E-state index contributed by atoms with van der Waals surface area (Å²) in [6.07, 6.45) is 5.48. The van der Waals surface area contributed by atoms with Crippen LogP contribution in [0.15, 0.2) is 67.0 Å². The van der Waals surface area contributed by atoms with E-state index in [0.717, 1.165) is 29.8 Å². The Morgan fingerprint density at radius 3 is 2.51 bits per heavy atom. The van der Waals surface area contributed by atoms with E-state index in [-0.39, 0.29) is 29.9 Å². The van der Waals surface area contributed by atoms with Crippen LogP contribution < -0.4 is 5.32 Å². The molecular weight excluding hydrogens is 490 g/mol. The normalized spacial score (nSPS) is 14.5. The molecule has 1 atom stereocenters. The summed E-state index contributed by atoms with van der Waals surface area (Å²) in [6.45, 7) is 5.03. The highest BCUT2D eigenvalue weighted by Gasteiger charge is 2.26. The van der Waals surface area contributed by atoms with Crippen LogP contribution in [0.25, 0.3) is 5.78 Å². The molecule has 2 N–H and O–H groups in total. The number of carbonyl (C=O) groups is 2. The van der Waals surface area contributed by atoms with Crippen molar-refractivity contribution in [2.24, 2.45) is 0 Å². The summed E-state index contributed by atoms with van der Waals surface area (Å²) in [5.41, 5.74) is 4.19. The zero-order valence-electron chi connectivity index (χ0n) is 22.1. The Bertz CT molecular complexity index is 1540. The molecule has 2 amide bonds. The van der Waals surface area contributed by atoms with Crippen molar-refractivity contribution < 1.29 is 14.7 Å². The lowest BCUT2D eigenvalue weighted by atomic mass is 9.89. The molecule has 8 heteroatoms. The second kappa shape index (κ2) is 11.4. The van der Waals surface area contributed by atoms with Crippen LogP contribution in [-0.2, 0) is 4.79 Å². The fourth-order valence-electron chi connectivity index (χ4n) is 5.12. The number of nitrogens with zero attached hydrogens (tertiary/aromatic N) is 4. The molecule has 5 rings (SSSR count). The smallest absolute Gasteiger partial charge is 0.272 e. The third kappa shape index (κ3) is 5.93. The van der Waals surface area contributed by atoms with Gasteiger partial charge in [-0.25, -0.2) is 9.97 Å². The molecule has 0 bridgehead atoms. The number of rotatable bonds is 6. The molecule has 3 heterocycles. The lowest BCUT2D eigenvalue weighted by molar-refractivity contribution is -0.116. The molecule has 0 saturated carbocycles. The first-order chi connectivity index (χ1) is 18.9. The van der Waals surface area contributed by atoms with E-state index < -0.39 is 0 Å². The van der Waals surface area contributed by atoms with E-state index in [1.54, 1.807) is 37.4 Å². The van der Waals surface area contributed by atoms with E-state index in [4.69, 9.17) is 0 Å². The summed E-state index contributed by atoms with van der Waals surface area (Å²) in [5.74, 6) is 6.63. The van der Waals surface area contributed by atoms with E-state index >= 15 is 0 Å². The monoisotopic (exact) mass is 521 g/mol. The summed E-state index contributed by atoms with van der Waals surface area (Å²) < 4.78 is 1.86. The van der Waals surface area contributed by atoms with Crippen molar-refractivity contribution >= 4 is 23.3 Å². The van der Waals surface area contributed by atoms with Crippen molar-refractivity contribution in [1.82, 2.24) is 19.3 Å². The molecule has 4 aromatic rings. The fraction of sp³-hybridized carbons (Fsp3) is 0.290. The van der Waals surface area contributed by atoms with Crippen LogP contribution in [-0.4, -0.2) is 49.3 Å². The fourth-order valence-corrected chi connectivity index (χ4v) is 5.12. The van der Waals surface area contributed by atoms with Crippen LogP contribution in [0.1, 0.15) is 65.3 Å². The van der Waals surface area contributed by atoms with Crippen molar-refractivity contribution in [2.45, 2.75) is 44.9 Å². The summed E-state index contributed by atoms with van der Waals surface area (Å²) in [6, 6.07) is 16.6. The van der Waals surface area contributed by atoms with Crippen LogP contribution in [0.5, 0.6) is 5.75 Å². The Labute approximate surface area is 227 Å². The molecule has 1 aliphatic heterocycles. The summed E-state index contributed by atoms with van der Waals surface area (Å²) >= 11 is 0. The van der Waals surface area contributed by atoms with Gasteiger partial charge >= 0.3 is 0 Å². The van der Waals surface area contributed by atoms with Crippen LogP contribution in [0.2, 0.25) is 0 Å². The third-order valence-corrected chi connectivity index (χ3v) is 7.24. The molecule has 0 spiro atoms. The predicted octanol–water partition coefficient (Wildman–Crippen LogP) is 4.90. The summed E-state index contributed by atoms with van der Waals surface area (Å²) in [7, 11) is 0. The van der Waals surface area contributed by atoms with Crippen molar-refractivity contribution in [2.75, 3.05) is 18.4 Å². The van der Waals surface area contributed by atoms with Gasteiger partial charge in [0.25, 0.3) is 5.91 Å². The van der Waals surface area contributed by atoms with Gasteiger partial charge in [0.05, 0.1) is 5.92 Å². The van der Waals surface area contributed by atoms with Gasteiger partial charge in [0.1, 0.15) is 11.4 Å². The van der Waals surface area contributed by atoms with E-state index in [2.05, 4.69) is 39.3 Å². The molecule has 0 radical (unpaired) electrons. The number of amides is 2. The highest BCUT2D eigenvalue weighted by molar-refractivity contribution is 5.93. The number of aromatic hydroxyl groups is 1. The number of likely N-dealkylation sites (tertiary alicyclic amines) is 1. The zero-order valence-corrected chi connectivity index (χ0v) is 22.1. The maximum Gasteiger partial charge on any atom is 0.272 e. The number of piperidine rings is 1. The average Bonchev–Trinajstić information content (AvgIpc) is 3.43. The zero-order chi connectivity index (χ0) is 27.4. The second-order valence-corrected chi connectivity index (χ2v) is 9.86. The molecule has 1 aliphatic rings. The van der Waals surface area contributed by atoms with E-state index in [1.165, 1.54) is 5.56 Å². The number of benzene rings is 2. The Morgan fingerprint density at radius 1 is 1.10 bits per heavy atom. The van der Waals surface area contributed by atoms with Gasteiger partial charge < -0.3 is 15.3 Å². The molecule has 8 nitrogen and oxygen atoms in total. The van der Waals surface area contributed by atoms with Crippen molar-refractivity contribution in [1.29, 1.82) is 0 Å². The van der Waals surface area contributed by atoms with Crippen LogP contribution >= 0.6 is 0 Å². The van der Waals surface area contributed by atoms with Gasteiger partial charge in [0, 0.05) is 43.3 Å². The van der Waals surface area contributed by atoms with Gasteiger partial charge in [-0.3, -0.25) is 14.0 Å². The van der Waals surface area contributed by atoms with Gasteiger partial charge in [0.15, 0.2) is 0 Å². The molecular formula is C31H31N5O3. The first-order valence-electron chi connectivity index (χ1n) is 13.1. The minimum absolute atomic E-state index is 0.0570. The number of fused-ring (bicyclic) bond motifs is 1. The number of phenolic OH excluding ortho intramolecular Hbond substituents is 1. The molecule has 2 aromatic carbocycles. The number of anilines is 1. The Kier molecular flexibility index (Phi) is 7.60. The highest BCUT2D eigenvalue weighted by Crippen LogP contribution is 2.30. The third-order valence-electron chi connectivity index (χ3n) is 7.24. The van der Waals surface area contributed by atoms with E-state index in [9.17, 15) is 14.7 Å². The first-order valence-corrected chi connectivity index (χ1v) is 13.1. The standard InChI is InChI=1S/C31H31N5O3/c1-3-4-25(23-7-11-27(37)12-8-23)20-29(38)33-26-9-5-22(6-10-26)24-13-16-35(17-14-24)30(39)28-19-21(2)36-18-15-32-31(36)34-28/h5-12,15,18-19,24-25,37H,13-14,16-17,20H2,1-2H3,(H,33,38)/t25-/m0/s1. The van der Waals surface area contributed by atoms with Gasteiger partial charge in [-0.05, 0) is 74.1 Å². The van der Waals surface area contributed by atoms with Gasteiger partial charge in [-0.1, -0.05) is 30.2 Å². The maximum absolute atomic E-state index is 13.1. The van der Waals surface area contributed by atoms with Crippen molar-refractivity contribution in [3.63, 3.8) is 0 Å².